The van der Waals surface area contributed by atoms with E-state index in [0.29, 0.717) is 0 Å². The quantitative estimate of drug-likeness (QED) is 0.171. The molecule has 0 atom stereocenters. The van der Waals surface area contributed by atoms with Gasteiger partial charge in [-0.15, -0.1) is 0 Å². The average Bonchev–Trinajstić information content (AvgIpc) is 3.68. The molecule has 0 nitrogen and oxygen atoms in total. The van der Waals surface area contributed by atoms with Crippen molar-refractivity contribution in [2.75, 3.05) is 0 Å². The van der Waals surface area contributed by atoms with E-state index in [9.17, 15) is 0 Å². The van der Waals surface area contributed by atoms with Gasteiger partial charge in [0.25, 0.3) is 0 Å². The highest BCUT2D eigenvalue weighted by atomic mass is 14.5. The largest absolute Gasteiger partial charge is 0.0713 e. The third-order valence-electron chi connectivity index (χ3n) is 12.1. The van der Waals surface area contributed by atoms with Crippen molar-refractivity contribution in [3.63, 3.8) is 0 Å². The topological polar surface area (TPSA) is 0 Å². The van der Waals surface area contributed by atoms with Crippen LogP contribution in [0.25, 0.3) is 22.3 Å². The van der Waals surface area contributed by atoms with Crippen LogP contribution in [0.3, 0.4) is 0 Å². The van der Waals surface area contributed by atoms with Crippen molar-refractivity contribution in [1.29, 1.82) is 0 Å². The van der Waals surface area contributed by atoms with E-state index in [0.717, 1.165) is 0 Å². The summed E-state index contributed by atoms with van der Waals surface area (Å²) in [4.78, 5) is 0. The number of rotatable bonds is 4. The van der Waals surface area contributed by atoms with Gasteiger partial charge >= 0.3 is 0 Å². The summed E-state index contributed by atoms with van der Waals surface area (Å²) in [6.07, 6.45) is 0. The minimum absolute atomic E-state index is 0.269. The normalized spacial score (nSPS) is 13.8. The lowest BCUT2D eigenvalue weighted by Gasteiger charge is -2.34. The van der Waals surface area contributed by atoms with Crippen molar-refractivity contribution in [3.8, 4) is 22.3 Å². The monoisotopic (exact) mass is 706 g/mol. The summed E-state index contributed by atoms with van der Waals surface area (Å²) in [6.45, 7) is 10.8. The number of aryl methyl sites for hydroxylation is 5. The van der Waals surface area contributed by atoms with Crippen molar-refractivity contribution in [1.82, 2.24) is 0 Å². The third kappa shape index (κ3) is 5.43. The van der Waals surface area contributed by atoms with Crippen LogP contribution in [0.4, 0.5) is 0 Å². The molecule has 266 valence electrons. The molecule has 8 aromatic rings. The molecule has 0 spiro atoms. The Morgan fingerprint density at radius 2 is 0.491 bits per heavy atom. The lowest BCUT2D eigenvalue weighted by atomic mass is 9.67. The molecule has 0 heterocycles. The molecule has 8 aromatic carbocycles. The van der Waals surface area contributed by atoms with Crippen molar-refractivity contribution in [3.05, 3.63) is 260 Å². The first-order chi connectivity index (χ1) is 26.8. The second-order valence-corrected chi connectivity index (χ2v) is 15.6. The molecule has 0 heteroatoms. The number of fused-ring (bicyclic) bond motifs is 6. The van der Waals surface area contributed by atoms with E-state index < -0.39 is 0 Å². The summed E-state index contributed by atoms with van der Waals surface area (Å²) in [5.41, 5.74) is 22.1. The van der Waals surface area contributed by atoms with Crippen LogP contribution in [0.5, 0.6) is 0 Å². The zero-order valence-corrected chi connectivity index (χ0v) is 32.4. The molecule has 0 fully saturated rings. The fourth-order valence-corrected chi connectivity index (χ4v) is 9.42. The van der Waals surface area contributed by atoms with Gasteiger partial charge in [0.1, 0.15) is 0 Å². The molecule has 10 rings (SSSR count). The Bertz CT molecular complexity index is 2520. The molecule has 0 saturated carbocycles. The van der Waals surface area contributed by atoms with E-state index in [1.807, 2.05) is 0 Å². The molecular weight excluding hydrogens is 661 g/mol. The van der Waals surface area contributed by atoms with Crippen LogP contribution in [-0.4, -0.2) is 0 Å². The number of hydrogen-bond acceptors (Lipinski definition) is 0. The molecule has 0 unspecified atom stereocenters. The molecule has 2 aliphatic rings. The minimum atomic E-state index is -0.277. The summed E-state index contributed by atoms with van der Waals surface area (Å²) in [7, 11) is 0. The molecule has 0 N–H and O–H groups in total. The maximum Gasteiger partial charge on any atom is 0.0713 e. The van der Waals surface area contributed by atoms with E-state index in [2.05, 4.69) is 223 Å². The highest BCUT2D eigenvalue weighted by molar-refractivity contribution is 5.87. The van der Waals surface area contributed by atoms with Crippen molar-refractivity contribution >= 4 is 0 Å². The molecule has 0 aliphatic heterocycles. The first-order valence-electron chi connectivity index (χ1n) is 19.5. The fraction of sp³-hybridized carbons (Fsp3) is 0.127. The Morgan fingerprint density at radius 3 is 0.818 bits per heavy atom. The smallest absolute Gasteiger partial charge is 0.0619 e. The van der Waals surface area contributed by atoms with Crippen LogP contribution in [0.15, 0.2) is 188 Å². The number of benzene rings is 8. The lowest BCUT2D eigenvalue weighted by molar-refractivity contribution is 0.767. The van der Waals surface area contributed by atoms with Gasteiger partial charge in [0.15, 0.2) is 0 Å². The standard InChI is InChI=1S/C28H24.C27H22/c1-19-8-13-22(14-9-19)28(23-15-10-20(2)11-16-23)26-7-5-4-6-24(26)25-18-21(3)12-17-27(25)28;1-19-11-15-21(16-12-19)27(22-17-13-20(2)14-18-22)25-9-5-3-7-23(25)24-8-4-6-10-26(24)27/h4-18H,1-3H3;3-18H,1-2H3. The minimum Gasteiger partial charge on any atom is -0.0619 e. The van der Waals surface area contributed by atoms with Gasteiger partial charge in [-0.1, -0.05) is 216 Å². The predicted molar refractivity (Wildman–Crippen MR) is 231 cm³/mol. The first-order valence-corrected chi connectivity index (χ1v) is 19.5. The van der Waals surface area contributed by atoms with Crippen LogP contribution in [0.1, 0.15) is 72.3 Å². The van der Waals surface area contributed by atoms with Gasteiger partial charge in [-0.05, 0) is 101 Å². The Kier molecular flexibility index (Phi) is 8.51. The van der Waals surface area contributed by atoms with Crippen LogP contribution < -0.4 is 0 Å². The molecule has 55 heavy (non-hydrogen) atoms. The van der Waals surface area contributed by atoms with Gasteiger partial charge in [0.05, 0.1) is 10.8 Å². The second kappa shape index (κ2) is 13.6. The highest BCUT2D eigenvalue weighted by Gasteiger charge is 2.47. The van der Waals surface area contributed by atoms with E-state index in [1.54, 1.807) is 0 Å². The Morgan fingerprint density at radius 1 is 0.236 bits per heavy atom. The molecule has 0 bridgehead atoms. The molecule has 0 saturated heterocycles. The van der Waals surface area contributed by atoms with E-state index in [1.165, 1.54) is 94.6 Å². The van der Waals surface area contributed by atoms with E-state index in [4.69, 9.17) is 0 Å². The van der Waals surface area contributed by atoms with Gasteiger partial charge in [-0.25, -0.2) is 0 Å². The first kappa shape index (κ1) is 34.5. The zero-order chi connectivity index (χ0) is 37.7. The predicted octanol–water partition coefficient (Wildman–Crippen LogP) is 13.6. The summed E-state index contributed by atoms with van der Waals surface area (Å²) >= 11 is 0. The molecule has 0 radical (unpaired) electrons. The van der Waals surface area contributed by atoms with E-state index in [-0.39, 0.29) is 10.8 Å². The van der Waals surface area contributed by atoms with E-state index >= 15 is 0 Å². The molecular formula is C55H46. The van der Waals surface area contributed by atoms with Gasteiger partial charge in [-0.3, -0.25) is 0 Å². The average molecular weight is 707 g/mol. The summed E-state index contributed by atoms with van der Waals surface area (Å²) < 4.78 is 0. The van der Waals surface area contributed by atoms with Crippen LogP contribution >= 0.6 is 0 Å². The Labute approximate surface area is 326 Å². The van der Waals surface area contributed by atoms with Crippen LogP contribution in [0.2, 0.25) is 0 Å². The Hall–Kier alpha value is -6.24. The third-order valence-corrected chi connectivity index (χ3v) is 12.1. The van der Waals surface area contributed by atoms with Gasteiger partial charge in [0.2, 0.25) is 0 Å². The summed E-state index contributed by atoms with van der Waals surface area (Å²) in [5.74, 6) is 0. The highest BCUT2D eigenvalue weighted by Crippen LogP contribution is 2.57. The van der Waals surface area contributed by atoms with Crippen LogP contribution in [0, 0.1) is 34.6 Å². The van der Waals surface area contributed by atoms with Crippen molar-refractivity contribution < 1.29 is 0 Å². The van der Waals surface area contributed by atoms with Crippen molar-refractivity contribution in [2.24, 2.45) is 0 Å². The maximum absolute atomic E-state index is 2.35. The van der Waals surface area contributed by atoms with Gasteiger partial charge in [-0.2, -0.15) is 0 Å². The maximum atomic E-state index is 2.35. The Balaban J connectivity index is 0.000000144. The summed E-state index contributed by atoms with van der Waals surface area (Å²) in [5, 5.41) is 0. The van der Waals surface area contributed by atoms with Crippen LogP contribution in [-0.2, 0) is 10.8 Å². The zero-order valence-electron chi connectivity index (χ0n) is 32.4. The lowest BCUT2D eigenvalue weighted by Crippen LogP contribution is -2.28. The number of hydrogen-bond donors (Lipinski definition) is 0. The van der Waals surface area contributed by atoms with Gasteiger partial charge < -0.3 is 0 Å². The molecule has 2 aliphatic carbocycles. The molecule has 0 aromatic heterocycles. The van der Waals surface area contributed by atoms with Crippen molar-refractivity contribution in [2.45, 2.75) is 45.4 Å². The molecule has 0 amide bonds. The fourth-order valence-electron chi connectivity index (χ4n) is 9.42. The van der Waals surface area contributed by atoms with Gasteiger partial charge in [0, 0.05) is 0 Å². The SMILES string of the molecule is Cc1ccc(C2(c3ccc(C)cc3)c3ccccc3-c3cc(C)ccc32)cc1.Cc1ccc(C2(c3ccc(C)cc3)c3ccccc3-c3ccccc32)cc1. The second-order valence-electron chi connectivity index (χ2n) is 15.6. The summed E-state index contributed by atoms with van der Waals surface area (Å²) in [6, 6.07) is 69.9.